The number of nitro benzene ring substituents is 1. The van der Waals surface area contributed by atoms with Crippen molar-refractivity contribution in [1.29, 1.82) is 0 Å². The van der Waals surface area contributed by atoms with Crippen LogP contribution in [0.1, 0.15) is 19.3 Å². The molecule has 2 aromatic carbocycles. The second-order valence-electron chi connectivity index (χ2n) is 7.97. The van der Waals surface area contributed by atoms with Crippen LogP contribution in [0.5, 0.6) is 11.5 Å². The Morgan fingerprint density at radius 1 is 0.970 bits per heavy atom. The molecule has 178 valence electrons. The molecule has 0 bridgehead atoms. The highest BCUT2D eigenvalue weighted by Crippen LogP contribution is 2.42. The minimum absolute atomic E-state index is 0.137. The predicted molar refractivity (Wildman–Crippen MR) is 125 cm³/mol. The molecule has 33 heavy (non-hydrogen) atoms. The molecule has 3 aliphatic rings. The van der Waals surface area contributed by atoms with Gasteiger partial charge in [-0.25, -0.2) is 0 Å². The van der Waals surface area contributed by atoms with E-state index in [0.717, 1.165) is 37.1 Å². The molecular formula is C25H32N2O6. The molecule has 2 aliphatic heterocycles. The number of allylic oxidation sites excluding steroid dienone is 1. The van der Waals surface area contributed by atoms with Gasteiger partial charge in [0.05, 0.1) is 32.4 Å². The average molecular weight is 457 g/mol. The van der Waals surface area contributed by atoms with Crippen LogP contribution in [0.4, 0.5) is 5.69 Å². The number of non-ortho nitro benzene ring substituents is 1. The number of likely N-dealkylation sites (tertiary alicyclic amines) is 1. The lowest BCUT2D eigenvalue weighted by Crippen LogP contribution is -2.33. The molecule has 2 saturated heterocycles. The number of hydrogen-bond donors (Lipinski definition) is 0. The summed E-state index contributed by atoms with van der Waals surface area (Å²) >= 11 is 0. The number of methoxy groups -OCH3 is 2. The zero-order valence-electron chi connectivity index (χ0n) is 19.4. The molecule has 0 amide bonds. The summed E-state index contributed by atoms with van der Waals surface area (Å²) in [5, 5.41) is 10.0. The van der Waals surface area contributed by atoms with Gasteiger partial charge in [0.15, 0.2) is 17.3 Å². The van der Waals surface area contributed by atoms with E-state index in [-0.39, 0.29) is 11.5 Å². The fourth-order valence-corrected chi connectivity index (χ4v) is 4.17. The van der Waals surface area contributed by atoms with Gasteiger partial charge in [-0.1, -0.05) is 30.3 Å². The molecule has 1 atom stereocenters. The largest absolute Gasteiger partial charge is 0.493 e. The maximum absolute atomic E-state index is 10.0. The highest BCUT2D eigenvalue weighted by molar-refractivity contribution is 5.39. The van der Waals surface area contributed by atoms with Crippen LogP contribution >= 0.6 is 0 Å². The van der Waals surface area contributed by atoms with Crippen LogP contribution < -0.4 is 9.47 Å². The topological polar surface area (TPSA) is 83.3 Å². The van der Waals surface area contributed by atoms with Gasteiger partial charge >= 0.3 is 0 Å². The number of rotatable bonds is 3. The highest BCUT2D eigenvalue weighted by atomic mass is 16.7. The summed E-state index contributed by atoms with van der Waals surface area (Å²) in [5.41, 5.74) is 1.58. The summed E-state index contributed by atoms with van der Waals surface area (Å²) in [6.07, 6.45) is 5.78. The lowest BCUT2D eigenvalue weighted by molar-refractivity contribution is -0.384. The fourth-order valence-electron chi connectivity index (χ4n) is 4.17. The van der Waals surface area contributed by atoms with E-state index in [1.54, 1.807) is 32.4 Å². The third-order valence-corrected chi connectivity index (χ3v) is 5.91. The van der Waals surface area contributed by atoms with E-state index < -0.39 is 4.92 Å². The van der Waals surface area contributed by atoms with E-state index in [2.05, 4.69) is 18.0 Å². The van der Waals surface area contributed by atoms with Gasteiger partial charge in [-0.15, -0.1) is 0 Å². The molecule has 0 N–H and O–H groups in total. The lowest BCUT2D eigenvalue weighted by atomic mass is 9.89. The molecule has 0 saturated carbocycles. The molecule has 1 unspecified atom stereocenters. The number of benzene rings is 2. The average Bonchev–Trinajstić information content (AvgIpc) is 3.47. The number of ether oxygens (including phenoxy) is 4. The van der Waals surface area contributed by atoms with Crippen molar-refractivity contribution >= 4 is 5.69 Å². The zero-order valence-corrected chi connectivity index (χ0v) is 19.4. The van der Waals surface area contributed by atoms with Crippen LogP contribution in [0, 0.1) is 16.0 Å². The third-order valence-electron chi connectivity index (χ3n) is 5.91. The van der Waals surface area contributed by atoms with Gasteiger partial charge in [-0.05, 0) is 31.1 Å². The second kappa shape index (κ2) is 11.7. The van der Waals surface area contributed by atoms with Gasteiger partial charge in [0.25, 0.3) is 5.69 Å². The number of hydrogen-bond acceptors (Lipinski definition) is 7. The SMILES string of the molecule is CN1CCC2CCC3(C=C21)OCCO3.COc1ccccc1OC.O=[N+]([O-])c1ccccc1. The van der Waals surface area contributed by atoms with Crippen molar-refractivity contribution in [1.82, 2.24) is 4.90 Å². The Morgan fingerprint density at radius 3 is 2.06 bits per heavy atom. The first-order valence-corrected chi connectivity index (χ1v) is 11.1. The lowest BCUT2D eigenvalue weighted by Gasteiger charge is -2.32. The Balaban J connectivity index is 0.000000145. The maximum Gasteiger partial charge on any atom is 0.269 e. The van der Waals surface area contributed by atoms with Crippen LogP contribution in [0.15, 0.2) is 66.4 Å². The monoisotopic (exact) mass is 456 g/mol. The van der Waals surface area contributed by atoms with Crippen LogP contribution in [0.3, 0.4) is 0 Å². The van der Waals surface area contributed by atoms with Crippen LogP contribution in [0.25, 0.3) is 0 Å². The van der Waals surface area contributed by atoms with Crippen LogP contribution in [0.2, 0.25) is 0 Å². The minimum Gasteiger partial charge on any atom is -0.493 e. The normalized spacial score (nSPS) is 19.9. The van der Waals surface area contributed by atoms with Gasteiger partial charge in [-0.3, -0.25) is 10.1 Å². The van der Waals surface area contributed by atoms with Crippen molar-refractivity contribution in [3.05, 3.63) is 76.5 Å². The van der Waals surface area contributed by atoms with Crippen molar-refractivity contribution in [2.24, 2.45) is 5.92 Å². The maximum atomic E-state index is 10.0. The molecule has 0 aromatic heterocycles. The fraction of sp³-hybridized carbons (Fsp3) is 0.440. The van der Waals surface area contributed by atoms with Crippen LogP contribution in [-0.4, -0.2) is 56.6 Å². The number of nitro groups is 1. The Kier molecular flexibility index (Phi) is 8.68. The minimum atomic E-state index is -0.417. The van der Waals surface area contributed by atoms with Crippen molar-refractivity contribution < 1.29 is 23.9 Å². The van der Waals surface area contributed by atoms with Gasteiger partial charge in [0, 0.05) is 43.8 Å². The molecule has 2 fully saturated rings. The van der Waals surface area contributed by atoms with Crippen molar-refractivity contribution in [2.75, 3.05) is 41.0 Å². The van der Waals surface area contributed by atoms with E-state index in [1.807, 2.05) is 24.3 Å². The van der Waals surface area contributed by atoms with E-state index in [1.165, 1.54) is 37.2 Å². The van der Waals surface area contributed by atoms with Gasteiger partial charge in [0.1, 0.15) is 0 Å². The molecule has 5 rings (SSSR count). The molecular weight excluding hydrogens is 424 g/mol. The summed E-state index contributed by atoms with van der Waals surface area (Å²) in [6, 6.07) is 15.5. The molecule has 8 nitrogen and oxygen atoms in total. The van der Waals surface area contributed by atoms with Crippen molar-refractivity contribution in [2.45, 2.75) is 25.0 Å². The summed E-state index contributed by atoms with van der Waals surface area (Å²) in [7, 11) is 5.41. The Morgan fingerprint density at radius 2 is 1.55 bits per heavy atom. The van der Waals surface area contributed by atoms with E-state index in [0.29, 0.717) is 0 Å². The molecule has 0 radical (unpaired) electrons. The Bertz CT molecular complexity index is 905. The van der Waals surface area contributed by atoms with Crippen molar-refractivity contribution in [3.63, 3.8) is 0 Å². The Hall–Kier alpha value is -3.10. The Labute approximate surface area is 194 Å². The smallest absolute Gasteiger partial charge is 0.269 e. The highest BCUT2D eigenvalue weighted by Gasteiger charge is 2.42. The molecule has 1 aliphatic carbocycles. The van der Waals surface area contributed by atoms with E-state index >= 15 is 0 Å². The standard InChI is InChI=1S/C11H17NO2.C8H10O2.C6H5NO2/c1-12-5-3-9-2-4-11(8-10(9)12)13-6-7-14-11;1-9-7-5-3-4-6-8(7)10-2;8-7(9)6-4-2-1-3-5-6/h8-9H,2-7H2,1H3;3-6H,1-2H3;1-5H. The number of nitrogens with zero attached hydrogens (tertiary/aromatic N) is 2. The first-order valence-electron chi connectivity index (χ1n) is 11.1. The summed E-state index contributed by atoms with van der Waals surface area (Å²) in [4.78, 5) is 11.9. The molecule has 2 heterocycles. The molecule has 1 spiro atoms. The predicted octanol–water partition coefficient (Wildman–Crippen LogP) is 4.66. The van der Waals surface area contributed by atoms with Crippen molar-refractivity contribution in [3.8, 4) is 11.5 Å². The van der Waals surface area contributed by atoms with E-state index in [9.17, 15) is 10.1 Å². The zero-order chi connectivity index (χ0) is 23.7. The summed E-state index contributed by atoms with van der Waals surface area (Å²) in [6.45, 7) is 2.68. The first kappa shape index (κ1) is 24.5. The first-order chi connectivity index (χ1) is 16.0. The molecule has 8 heteroatoms. The van der Waals surface area contributed by atoms with Gasteiger partial charge in [0.2, 0.25) is 0 Å². The summed E-state index contributed by atoms with van der Waals surface area (Å²) < 4.78 is 21.4. The van der Waals surface area contributed by atoms with E-state index in [4.69, 9.17) is 18.9 Å². The summed E-state index contributed by atoms with van der Waals surface area (Å²) in [5.74, 6) is 1.94. The quantitative estimate of drug-likeness (QED) is 0.491. The second-order valence-corrected chi connectivity index (χ2v) is 7.97. The van der Waals surface area contributed by atoms with Gasteiger partial charge < -0.3 is 23.8 Å². The number of fused-ring (bicyclic) bond motifs is 1. The number of para-hydroxylation sites is 3. The third kappa shape index (κ3) is 6.46. The van der Waals surface area contributed by atoms with Crippen LogP contribution in [-0.2, 0) is 9.47 Å². The molecule has 2 aromatic rings. The van der Waals surface area contributed by atoms with Gasteiger partial charge in [-0.2, -0.15) is 0 Å².